The fourth-order valence-electron chi connectivity index (χ4n) is 4.91. The summed E-state index contributed by atoms with van der Waals surface area (Å²) in [5.41, 5.74) is 2.59. The Hall–Kier alpha value is -4.22. The number of aromatic nitrogens is 3. The first-order valence-electron chi connectivity index (χ1n) is 13.8. The van der Waals surface area contributed by atoms with Crippen LogP contribution in [-0.4, -0.2) is 52.1 Å². The summed E-state index contributed by atoms with van der Waals surface area (Å²) in [7, 11) is 0. The number of benzene rings is 3. The molecule has 3 aromatic carbocycles. The molecule has 2 amide bonds. The second kappa shape index (κ2) is 13.0. The number of hydrogen-bond donors (Lipinski definition) is 2. The summed E-state index contributed by atoms with van der Waals surface area (Å²) >= 11 is 5.68. The van der Waals surface area contributed by atoms with Crippen LogP contribution in [0.2, 0.25) is 5.02 Å². The van der Waals surface area contributed by atoms with Crippen LogP contribution in [0.3, 0.4) is 0 Å². The summed E-state index contributed by atoms with van der Waals surface area (Å²) < 4.78 is 39.6. The number of anilines is 3. The molecule has 4 aromatic rings. The van der Waals surface area contributed by atoms with Crippen molar-refractivity contribution in [2.75, 3.05) is 41.7 Å². The Kier molecular flexibility index (Phi) is 9.12. The number of carbonyl (C=O) groups is 1. The van der Waals surface area contributed by atoms with E-state index in [0.29, 0.717) is 29.7 Å². The molecule has 2 N–H and O–H groups in total. The van der Waals surface area contributed by atoms with E-state index in [9.17, 15) is 18.0 Å². The van der Waals surface area contributed by atoms with Crippen molar-refractivity contribution in [1.82, 2.24) is 19.9 Å². The van der Waals surface area contributed by atoms with Crippen LogP contribution in [0.4, 0.5) is 35.3 Å². The average molecular weight is 610 g/mol. The first-order chi connectivity index (χ1) is 20.5. The first-order valence-corrected chi connectivity index (χ1v) is 14.2. The first kappa shape index (κ1) is 30.2. The van der Waals surface area contributed by atoms with Crippen LogP contribution in [0.5, 0.6) is 0 Å². The van der Waals surface area contributed by atoms with Crippen LogP contribution in [0, 0.1) is 13.8 Å². The predicted octanol–water partition coefficient (Wildman–Crippen LogP) is 6.72. The Labute approximate surface area is 252 Å². The normalized spacial score (nSPS) is 14.0. The van der Waals surface area contributed by atoms with Crippen LogP contribution in [0.1, 0.15) is 33.9 Å². The van der Waals surface area contributed by atoms with Gasteiger partial charge in [-0.15, -0.1) is 0 Å². The van der Waals surface area contributed by atoms with Crippen molar-refractivity contribution in [1.29, 1.82) is 0 Å². The summed E-state index contributed by atoms with van der Waals surface area (Å²) in [4.78, 5) is 31.1. The van der Waals surface area contributed by atoms with Crippen molar-refractivity contribution in [3.63, 3.8) is 0 Å². The maximum atomic E-state index is 13.2. The zero-order valence-corrected chi connectivity index (χ0v) is 24.5. The highest BCUT2D eigenvalue weighted by Crippen LogP contribution is 2.36. The number of alkyl halides is 3. The van der Waals surface area contributed by atoms with Crippen molar-refractivity contribution in [3.05, 3.63) is 106 Å². The Morgan fingerprint density at radius 1 is 0.884 bits per heavy atom. The highest BCUT2D eigenvalue weighted by molar-refractivity contribution is 6.31. The quantitative estimate of drug-likeness (QED) is 0.242. The molecule has 0 atom stereocenters. The zero-order chi connectivity index (χ0) is 30.6. The van der Waals surface area contributed by atoms with E-state index >= 15 is 0 Å². The summed E-state index contributed by atoms with van der Waals surface area (Å²) in [6, 6.07) is 18.3. The number of rotatable bonds is 7. The van der Waals surface area contributed by atoms with Crippen LogP contribution in [-0.2, 0) is 19.1 Å². The van der Waals surface area contributed by atoms with E-state index in [0.717, 1.165) is 56.0 Å². The molecule has 224 valence electrons. The van der Waals surface area contributed by atoms with Gasteiger partial charge in [0.2, 0.25) is 5.95 Å². The van der Waals surface area contributed by atoms with Gasteiger partial charge in [-0.25, -0.2) is 9.78 Å². The second-order valence-corrected chi connectivity index (χ2v) is 10.8. The fourth-order valence-corrected chi connectivity index (χ4v) is 5.14. The van der Waals surface area contributed by atoms with Gasteiger partial charge in [0.25, 0.3) is 0 Å². The molecule has 5 rings (SSSR count). The Morgan fingerprint density at radius 2 is 1.56 bits per heavy atom. The summed E-state index contributed by atoms with van der Waals surface area (Å²) in [6.07, 6.45) is -4.22. The van der Waals surface area contributed by atoms with Gasteiger partial charge in [-0.2, -0.15) is 23.1 Å². The number of carbonyl (C=O) groups excluding carboxylic acids is 1. The van der Waals surface area contributed by atoms with E-state index < -0.39 is 22.8 Å². The second-order valence-electron chi connectivity index (χ2n) is 10.4. The van der Waals surface area contributed by atoms with Gasteiger partial charge in [0.05, 0.1) is 10.6 Å². The number of aryl methyl sites for hydroxylation is 2. The number of nitrogens with zero attached hydrogens (tertiary/aromatic N) is 5. The van der Waals surface area contributed by atoms with Crippen molar-refractivity contribution in [3.8, 4) is 0 Å². The number of nitrogens with one attached hydrogen (secondary N) is 2. The number of urea groups is 1. The van der Waals surface area contributed by atoms with Crippen LogP contribution in [0.25, 0.3) is 0 Å². The third-order valence-electron chi connectivity index (χ3n) is 7.17. The van der Waals surface area contributed by atoms with E-state index in [4.69, 9.17) is 16.6 Å². The molecule has 1 aliphatic rings. The number of piperazine rings is 1. The van der Waals surface area contributed by atoms with Gasteiger partial charge >= 0.3 is 12.2 Å². The molecule has 0 unspecified atom stereocenters. The lowest BCUT2D eigenvalue weighted by atomic mass is 10.0. The Balaban J connectivity index is 1.23. The fraction of sp³-hybridized carbons (Fsp3) is 0.290. The molecular formula is C31H31ClF3N7O. The molecule has 12 heteroatoms. The molecular weight excluding hydrogens is 579 g/mol. The summed E-state index contributed by atoms with van der Waals surface area (Å²) in [6.45, 7) is 8.12. The minimum absolute atomic E-state index is 0.0318. The SMILES string of the molecule is Cc1nc(Cc2cc(NC(=O)Nc3ccc(Cl)c(C(F)(F)F)c3)ccc2C)nc(N2CCN(Cc3ccccc3)CC2)n1. The van der Waals surface area contributed by atoms with Crippen molar-refractivity contribution < 1.29 is 18.0 Å². The molecule has 0 bridgehead atoms. The van der Waals surface area contributed by atoms with Crippen molar-refractivity contribution in [2.45, 2.75) is 33.0 Å². The van der Waals surface area contributed by atoms with Crippen LogP contribution in [0.15, 0.2) is 66.7 Å². The molecule has 0 aliphatic carbocycles. The van der Waals surface area contributed by atoms with Gasteiger partial charge in [0, 0.05) is 50.5 Å². The van der Waals surface area contributed by atoms with Crippen molar-refractivity contribution in [2.24, 2.45) is 0 Å². The smallest absolute Gasteiger partial charge is 0.338 e. The van der Waals surface area contributed by atoms with Gasteiger partial charge in [-0.1, -0.05) is 48.0 Å². The van der Waals surface area contributed by atoms with E-state index in [1.54, 1.807) is 12.1 Å². The molecule has 1 aromatic heterocycles. The van der Waals surface area contributed by atoms with E-state index in [1.165, 1.54) is 11.6 Å². The average Bonchev–Trinajstić information content (AvgIpc) is 2.96. The lowest BCUT2D eigenvalue weighted by molar-refractivity contribution is -0.137. The molecule has 1 aliphatic heterocycles. The molecule has 1 fully saturated rings. The lowest BCUT2D eigenvalue weighted by Crippen LogP contribution is -2.46. The molecule has 0 radical (unpaired) electrons. The maximum Gasteiger partial charge on any atom is 0.417 e. The largest absolute Gasteiger partial charge is 0.417 e. The molecule has 0 spiro atoms. The monoisotopic (exact) mass is 609 g/mol. The number of halogens is 4. The van der Waals surface area contributed by atoms with Gasteiger partial charge < -0.3 is 15.5 Å². The topological polar surface area (TPSA) is 86.3 Å². The Bertz CT molecular complexity index is 1590. The van der Waals surface area contributed by atoms with E-state index in [-0.39, 0.29) is 5.69 Å². The maximum absolute atomic E-state index is 13.2. The number of hydrogen-bond acceptors (Lipinski definition) is 6. The van der Waals surface area contributed by atoms with E-state index in [1.807, 2.05) is 26.0 Å². The summed E-state index contributed by atoms with van der Waals surface area (Å²) in [5.74, 6) is 1.88. The van der Waals surface area contributed by atoms with Crippen LogP contribution >= 0.6 is 11.6 Å². The molecule has 2 heterocycles. The zero-order valence-electron chi connectivity index (χ0n) is 23.7. The third kappa shape index (κ3) is 7.99. The van der Waals surface area contributed by atoms with Crippen LogP contribution < -0.4 is 15.5 Å². The minimum Gasteiger partial charge on any atom is -0.338 e. The Morgan fingerprint density at radius 3 is 2.26 bits per heavy atom. The van der Waals surface area contributed by atoms with E-state index in [2.05, 4.69) is 54.7 Å². The highest BCUT2D eigenvalue weighted by Gasteiger charge is 2.33. The molecule has 8 nitrogen and oxygen atoms in total. The summed E-state index contributed by atoms with van der Waals surface area (Å²) in [5, 5.41) is 4.67. The van der Waals surface area contributed by atoms with Gasteiger partial charge in [0.15, 0.2) is 0 Å². The standard InChI is InChI=1S/C31H31ClF3N7O/c1-20-8-9-24(38-30(43)39-25-10-11-27(32)26(18-25)31(33,34)35)16-23(20)17-28-36-21(2)37-29(40-28)42-14-12-41(13-15-42)19-22-6-4-3-5-7-22/h3-11,16,18H,12-15,17,19H2,1-2H3,(H2,38,39,43). The van der Waals surface area contributed by atoms with Gasteiger partial charge in [0.1, 0.15) is 11.6 Å². The molecule has 43 heavy (non-hydrogen) atoms. The van der Waals surface area contributed by atoms with Gasteiger partial charge in [-0.05, 0) is 60.9 Å². The lowest BCUT2D eigenvalue weighted by Gasteiger charge is -2.34. The van der Waals surface area contributed by atoms with Crippen molar-refractivity contribution >= 4 is 35.0 Å². The molecule has 1 saturated heterocycles. The number of amides is 2. The predicted molar refractivity (Wildman–Crippen MR) is 162 cm³/mol. The minimum atomic E-state index is -4.64. The molecule has 0 saturated carbocycles. The highest BCUT2D eigenvalue weighted by atomic mass is 35.5. The third-order valence-corrected chi connectivity index (χ3v) is 7.50. The van der Waals surface area contributed by atoms with Gasteiger partial charge in [-0.3, -0.25) is 4.90 Å².